The van der Waals surface area contributed by atoms with Crippen LogP contribution in [0.1, 0.15) is 56.3 Å². The molecule has 1 saturated carbocycles. The number of hydrazine groups is 2. The van der Waals surface area contributed by atoms with E-state index < -0.39 is 17.8 Å². The number of nitrogens with zero attached hydrogens (tertiary/aromatic N) is 5. The molecule has 4 aromatic rings. The number of nitriles is 1. The van der Waals surface area contributed by atoms with Crippen LogP contribution in [0.15, 0.2) is 60.9 Å². The van der Waals surface area contributed by atoms with Gasteiger partial charge in [-0.25, -0.2) is 4.98 Å². The number of alkyl halides is 3. The minimum atomic E-state index is -4.40. The number of anilines is 2. The lowest BCUT2D eigenvalue weighted by Crippen LogP contribution is -2.52. The molecule has 0 bridgehead atoms. The van der Waals surface area contributed by atoms with Gasteiger partial charge in [-0.05, 0) is 48.4 Å². The lowest BCUT2D eigenvalue weighted by molar-refractivity contribution is -0.195. The van der Waals surface area contributed by atoms with Crippen LogP contribution in [0, 0.1) is 23.7 Å². The molecule has 4 N–H and O–H groups in total. The van der Waals surface area contributed by atoms with E-state index in [0.717, 1.165) is 27.4 Å². The van der Waals surface area contributed by atoms with Crippen molar-refractivity contribution in [3.05, 3.63) is 82.7 Å². The highest BCUT2D eigenvalue weighted by molar-refractivity contribution is 6.35. The van der Waals surface area contributed by atoms with E-state index in [4.69, 9.17) is 11.6 Å². The fraction of sp³-hybridized carbons (Fsp3) is 0.364. The van der Waals surface area contributed by atoms with E-state index in [1.807, 2.05) is 42.8 Å². The second-order valence-corrected chi connectivity index (χ2v) is 13.5. The number of nitrogens with one attached hydrogen (secondary N) is 4. The summed E-state index contributed by atoms with van der Waals surface area (Å²) in [4.78, 5) is 8.73. The summed E-state index contributed by atoms with van der Waals surface area (Å²) in [7, 11) is 1.91. The van der Waals surface area contributed by atoms with Gasteiger partial charge < -0.3 is 20.6 Å². The topological polar surface area (TPSA) is 106 Å². The number of imidazole rings is 1. The van der Waals surface area contributed by atoms with Crippen LogP contribution in [0.25, 0.3) is 22.2 Å². The zero-order valence-corrected chi connectivity index (χ0v) is 26.9. The first-order valence-corrected chi connectivity index (χ1v) is 15.3. The normalized spacial score (nSPS) is 16.5. The van der Waals surface area contributed by atoms with Crippen LogP contribution < -0.4 is 21.6 Å². The Morgan fingerprint density at radius 1 is 1.17 bits per heavy atom. The van der Waals surface area contributed by atoms with Gasteiger partial charge in [0.25, 0.3) is 0 Å². The molecule has 240 valence electrons. The third kappa shape index (κ3) is 5.69. The Kier molecular flexibility index (Phi) is 7.81. The SMILES string of the molecule is Cc1c(-c2cncn2C)cccc1[C@H](Nc1cc(Cl)c2ncc(C#N)c(NCC(C)(C)C)c2c1)C1=CN(C2(C(F)(F)F)CC2)NN1. The number of pyridine rings is 1. The summed E-state index contributed by atoms with van der Waals surface area (Å²) in [5.41, 5.74) is 9.95. The predicted octanol–water partition coefficient (Wildman–Crippen LogP) is 7.34. The Labute approximate surface area is 270 Å². The van der Waals surface area contributed by atoms with Crippen molar-refractivity contribution in [1.82, 2.24) is 30.5 Å². The molecule has 2 aliphatic rings. The lowest BCUT2D eigenvalue weighted by Gasteiger charge is -2.28. The smallest absolute Gasteiger partial charge is 0.383 e. The highest BCUT2D eigenvalue weighted by Crippen LogP contribution is 2.54. The molecule has 0 unspecified atom stereocenters. The van der Waals surface area contributed by atoms with Crippen molar-refractivity contribution in [1.29, 1.82) is 5.26 Å². The molecular formula is C33H35ClF3N9. The van der Waals surface area contributed by atoms with Gasteiger partial charge in [-0.15, -0.1) is 5.53 Å². The van der Waals surface area contributed by atoms with E-state index >= 15 is 0 Å². The van der Waals surface area contributed by atoms with Crippen molar-refractivity contribution < 1.29 is 13.2 Å². The van der Waals surface area contributed by atoms with E-state index in [0.29, 0.717) is 45.1 Å². The van der Waals surface area contributed by atoms with Crippen LogP contribution in [0.3, 0.4) is 0 Å². The Hall–Kier alpha value is -4.47. The summed E-state index contributed by atoms with van der Waals surface area (Å²) < 4.78 is 44.1. The van der Waals surface area contributed by atoms with E-state index in [1.165, 1.54) is 12.4 Å². The average molecular weight is 650 g/mol. The maximum Gasteiger partial charge on any atom is 0.413 e. The number of benzene rings is 2. The monoisotopic (exact) mass is 649 g/mol. The Morgan fingerprint density at radius 2 is 1.93 bits per heavy atom. The van der Waals surface area contributed by atoms with Crippen molar-refractivity contribution in [2.75, 3.05) is 17.2 Å². The lowest BCUT2D eigenvalue weighted by atomic mass is 9.93. The Bertz CT molecular complexity index is 1880. The maximum absolute atomic E-state index is 14.1. The van der Waals surface area contributed by atoms with Gasteiger partial charge in [0, 0.05) is 42.6 Å². The molecule has 1 atom stereocenters. The predicted molar refractivity (Wildman–Crippen MR) is 173 cm³/mol. The molecule has 6 rings (SSSR count). The largest absolute Gasteiger partial charge is 0.413 e. The van der Waals surface area contributed by atoms with Crippen LogP contribution >= 0.6 is 11.6 Å². The molecule has 2 aromatic carbocycles. The Balaban J connectivity index is 1.47. The summed E-state index contributed by atoms with van der Waals surface area (Å²) >= 11 is 6.79. The van der Waals surface area contributed by atoms with Crippen LogP contribution in [-0.2, 0) is 7.05 Å². The number of hydrogen-bond acceptors (Lipinski definition) is 8. The minimum Gasteiger partial charge on any atom is -0.383 e. The van der Waals surface area contributed by atoms with Crippen LogP contribution in [0.5, 0.6) is 0 Å². The molecule has 1 aliphatic carbocycles. The quantitative estimate of drug-likeness (QED) is 0.157. The zero-order valence-electron chi connectivity index (χ0n) is 26.1. The summed E-state index contributed by atoms with van der Waals surface area (Å²) in [5, 5.41) is 19.0. The van der Waals surface area contributed by atoms with Gasteiger partial charge in [0.1, 0.15) is 6.07 Å². The zero-order chi connectivity index (χ0) is 33.0. The molecule has 1 aliphatic heterocycles. The van der Waals surface area contributed by atoms with Gasteiger partial charge in [0.05, 0.1) is 51.7 Å². The second kappa shape index (κ2) is 11.4. The van der Waals surface area contributed by atoms with Crippen LogP contribution in [0.2, 0.25) is 5.02 Å². The van der Waals surface area contributed by atoms with Crippen molar-refractivity contribution in [2.24, 2.45) is 12.5 Å². The van der Waals surface area contributed by atoms with Gasteiger partial charge in [0.2, 0.25) is 0 Å². The number of halogens is 4. The highest BCUT2D eigenvalue weighted by atomic mass is 35.5. The average Bonchev–Trinajstić information content (AvgIpc) is 3.49. The van der Waals surface area contributed by atoms with E-state index in [2.05, 4.69) is 58.4 Å². The van der Waals surface area contributed by atoms with Crippen molar-refractivity contribution in [3.63, 3.8) is 0 Å². The van der Waals surface area contributed by atoms with Crippen molar-refractivity contribution in [3.8, 4) is 17.3 Å². The molecule has 46 heavy (non-hydrogen) atoms. The molecule has 3 heterocycles. The molecule has 0 amide bonds. The molecule has 2 aromatic heterocycles. The second-order valence-electron chi connectivity index (χ2n) is 13.1. The van der Waals surface area contributed by atoms with Crippen molar-refractivity contribution in [2.45, 2.75) is 58.3 Å². The molecule has 9 nitrogen and oxygen atoms in total. The number of hydrogen-bond donors (Lipinski definition) is 4. The molecule has 0 saturated heterocycles. The third-order valence-corrected chi connectivity index (χ3v) is 8.83. The van der Waals surface area contributed by atoms with Gasteiger partial charge in [-0.2, -0.15) is 18.4 Å². The Morgan fingerprint density at radius 3 is 2.57 bits per heavy atom. The first-order valence-electron chi connectivity index (χ1n) is 14.9. The number of rotatable bonds is 8. The molecule has 1 fully saturated rings. The van der Waals surface area contributed by atoms with Crippen LogP contribution in [0.4, 0.5) is 24.5 Å². The third-order valence-electron chi connectivity index (χ3n) is 8.54. The standard InChI is InChI=1S/C33H35ClF3N9/c1-19-22(27-15-39-18-45(27)5)7-6-8-23(19)30(26-16-46(44-43-26)32(9-10-32)33(35,36)37)42-21-11-24-28(41-17-31(2,3)4)20(13-38)14-40-29(24)25(34)12-21/h6-8,11-12,14-16,18,30,42-44H,9-10,17H2,1-5H3,(H,40,41)/t30-/m0/s1. The summed E-state index contributed by atoms with van der Waals surface area (Å²) in [6.07, 6.45) is 2.09. The number of aromatic nitrogens is 3. The first kappa shape index (κ1) is 31.5. The number of aryl methyl sites for hydroxylation is 1. The highest BCUT2D eigenvalue weighted by Gasteiger charge is 2.67. The van der Waals surface area contributed by atoms with E-state index in [9.17, 15) is 18.4 Å². The summed E-state index contributed by atoms with van der Waals surface area (Å²) in [5.74, 6) is 0. The molecule has 0 spiro atoms. The molecule has 0 radical (unpaired) electrons. The van der Waals surface area contributed by atoms with E-state index in [1.54, 1.807) is 18.6 Å². The molecule has 13 heteroatoms. The van der Waals surface area contributed by atoms with Crippen LogP contribution in [-0.4, -0.2) is 37.8 Å². The molecular weight excluding hydrogens is 615 g/mol. The fourth-order valence-electron chi connectivity index (χ4n) is 5.81. The minimum absolute atomic E-state index is 0.000901. The van der Waals surface area contributed by atoms with Gasteiger partial charge in [-0.3, -0.25) is 9.99 Å². The van der Waals surface area contributed by atoms with E-state index in [-0.39, 0.29) is 18.3 Å². The van der Waals surface area contributed by atoms with Gasteiger partial charge in [0.15, 0.2) is 5.54 Å². The fourth-order valence-corrected chi connectivity index (χ4v) is 6.08. The summed E-state index contributed by atoms with van der Waals surface area (Å²) in [6.45, 7) is 8.85. The van der Waals surface area contributed by atoms with Gasteiger partial charge >= 0.3 is 6.18 Å². The van der Waals surface area contributed by atoms with Gasteiger partial charge in [-0.1, -0.05) is 50.6 Å². The first-order chi connectivity index (χ1) is 21.7. The summed E-state index contributed by atoms with van der Waals surface area (Å²) in [6, 6.07) is 11.1. The maximum atomic E-state index is 14.1. The van der Waals surface area contributed by atoms with Crippen molar-refractivity contribution >= 4 is 33.9 Å². The number of fused-ring (bicyclic) bond motifs is 1.